The standard InChI is InChI=1S/C26H30O15/c1-8-17(31)18(32)20(34)24(37-8)40-26-22(36)19(33)21(35)25(41-26)39-16-7-11-13(29)5-10(27)6-15(11)38-23(16)9-2-3-12(28)14(30)4-9/h2-8,17-36H,1H3/t8-,17-,18+,19-,20+,21-,22+,23?,24-,25-,26+/m0/s1. The zero-order valence-corrected chi connectivity index (χ0v) is 21.3. The summed E-state index contributed by atoms with van der Waals surface area (Å²) in [4.78, 5) is 0. The number of hydrogen-bond acceptors (Lipinski definition) is 15. The Balaban J connectivity index is 1.44. The zero-order chi connectivity index (χ0) is 29.7. The van der Waals surface area contributed by atoms with Gasteiger partial charge in [-0.2, -0.15) is 0 Å². The molecular weight excluding hydrogens is 552 g/mol. The van der Waals surface area contributed by atoms with E-state index in [0.29, 0.717) is 0 Å². The Labute approximate surface area is 231 Å². The number of phenols is 4. The van der Waals surface area contributed by atoms with Crippen LogP contribution in [0.3, 0.4) is 0 Å². The summed E-state index contributed by atoms with van der Waals surface area (Å²) in [5, 5.41) is 102. The van der Waals surface area contributed by atoms with Crippen molar-refractivity contribution in [3.63, 3.8) is 0 Å². The topological polar surface area (TPSA) is 248 Å². The number of benzene rings is 2. The second-order valence-electron chi connectivity index (χ2n) is 9.95. The number of aliphatic hydroxyl groups excluding tert-OH is 6. The fourth-order valence-corrected chi connectivity index (χ4v) is 4.69. The Bertz CT molecular complexity index is 1300. The molecule has 0 spiro atoms. The maximum atomic E-state index is 10.7. The molecule has 15 nitrogen and oxygen atoms in total. The van der Waals surface area contributed by atoms with Gasteiger partial charge in [0.1, 0.15) is 59.6 Å². The summed E-state index contributed by atoms with van der Waals surface area (Å²) in [6.07, 6.45) is -16.6. The van der Waals surface area contributed by atoms with Crippen LogP contribution in [0.25, 0.3) is 6.08 Å². The molecule has 3 aliphatic rings. The molecule has 0 aromatic heterocycles. The van der Waals surface area contributed by atoms with Crippen molar-refractivity contribution in [2.45, 2.75) is 74.6 Å². The SMILES string of the molecule is C[C@@H]1O[C@@H](O[C@@H]2O[C@H](OC3=Cc4c(O)cc(O)cc4OC3c3ccc(O)c(O)c3)[C@@H](O)[C@H](O)[C@H]2O)[C@H](O)[C@H](O)[C@H]1O. The summed E-state index contributed by atoms with van der Waals surface area (Å²) in [6.45, 7) is 1.41. The van der Waals surface area contributed by atoms with Gasteiger partial charge in [0.15, 0.2) is 30.2 Å². The van der Waals surface area contributed by atoms with Crippen molar-refractivity contribution in [3.8, 4) is 28.7 Å². The molecule has 10 N–H and O–H groups in total. The number of hydrogen-bond donors (Lipinski definition) is 10. The van der Waals surface area contributed by atoms with Crippen LogP contribution in [0.15, 0.2) is 36.1 Å². The van der Waals surface area contributed by atoms with E-state index in [4.69, 9.17) is 23.7 Å². The molecule has 3 aliphatic heterocycles. The van der Waals surface area contributed by atoms with Crippen LogP contribution >= 0.6 is 0 Å². The third kappa shape index (κ3) is 5.46. The van der Waals surface area contributed by atoms with E-state index in [1.54, 1.807) is 0 Å². The fourth-order valence-electron chi connectivity index (χ4n) is 4.69. The van der Waals surface area contributed by atoms with E-state index < -0.39 is 85.0 Å². The average Bonchev–Trinajstić information content (AvgIpc) is 2.93. The lowest BCUT2D eigenvalue weighted by atomic mass is 9.99. The molecule has 2 saturated heterocycles. The van der Waals surface area contributed by atoms with Crippen molar-refractivity contribution in [3.05, 3.63) is 47.2 Å². The van der Waals surface area contributed by atoms with E-state index in [-0.39, 0.29) is 28.4 Å². The number of aromatic hydroxyl groups is 4. The molecule has 2 fully saturated rings. The van der Waals surface area contributed by atoms with Gasteiger partial charge in [-0.05, 0) is 25.1 Å². The molecule has 0 amide bonds. The highest BCUT2D eigenvalue weighted by atomic mass is 16.8. The monoisotopic (exact) mass is 582 g/mol. The largest absolute Gasteiger partial charge is 0.508 e. The van der Waals surface area contributed by atoms with Gasteiger partial charge >= 0.3 is 0 Å². The van der Waals surface area contributed by atoms with Gasteiger partial charge in [0.2, 0.25) is 6.29 Å². The van der Waals surface area contributed by atoms with Gasteiger partial charge in [-0.25, -0.2) is 0 Å². The smallest absolute Gasteiger partial charge is 0.230 e. The summed E-state index contributed by atoms with van der Waals surface area (Å²) in [5.41, 5.74) is 0.287. The summed E-state index contributed by atoms with van der Waals surface area (Å²) in [5.74, 6) is -1.75. The molecule has 0 bridgehead atoms. The average molecular weight is 583 g/mol. The molecule has 0 radical (unpaired) electrons. The molecule has 2 aromatic carbocycles. The minimum Gasteiger partial charge on any atom is -0.508 e. The van der Waals surface area contributed by atoms with Gasteiger partial charge in [0.05, 0.1) is 11.7 Å². The van der Waals surface area contributed by atoms with E-state index in [9.17, 15) is 51.1 Å². The summed E-state index contributed by atoms with van der Waals surface area (Å²) in [7, 11) is 0. The zero-order valence-electron chi connectivity index (χ0n) is 21.3. The van der Waals surface area contributed by atoms with Crippen molar-refractivity contribution in [2.75, 3.05) is 0 Å². The van der Waals surface area contributed by atoms with Gasteiger partial charge in [-0.1, -0.05) is 6.07 Å². The van der Waals surface area contributed by atoms with Crippen LogP contribution in [-0.2, 0) is 18.9 Å². The maximum Gasteiger partial charge on any atom is 0.230 e. The van der Waals surface area contributed by atoms with Gasteiger partial charge < -0.3 is 74.7 Å². The summed E-state index contributed by atoms with van der Waals surface area (Å²) in [6, 6.07) is 5.99. The van der Waals surface area contributed by atoms with E-state index in [2.05, 4.69) is 0 Å². The second kappa shape index (κ2) is 11.1. The molecular formula is C26H30O15. The first-order valence-corrected chi connectivity index (χ1v) is 12.5. The van der Waals surface area contributed by atoms with Crippen LogP contribution in [0.2, 0.25) is 0 Å². The van der Waals surface area contributed by atoms with Crippen molar-refractivity contribution in [1.29, 1.82) is 0 Å². The quantitative estimate of drug-likeness (QED) is 0.182. The molecule has 11 atom stereocenters. The number of rotatable bonds is 5. The maximum absolute atomic E-state index is 10.7. The number of fused-ring (bicyclic) bond motifs is 1. The molecule has 3 heterocycles. The fraction of sp³-hybridized carbons (Fsp3) is 0.462. The van der Waals surface area contributed by atoms with Crippen molar-refractivity contribution in [2.24, 2.45) is 0 Å². The van der Waals surface area contributed by atoms with Gasteiger partial charge in [0.25, 0.3) is 0 Å². The first kappa shape index (κ1) is 29.1. The highest BCUT2D eigenvalue weighted by molar-refractivity contribution is 5.69. The number of ether oxygens (including phenoxy) is 5. The van der Waals surface area contributed by atoms with Crippen molar-refractivity contribution in [1.82, 2.24) is 0 Å². The third-order valence-corrected chi connectivity index (χ3v) is 7.05. The van der Waals surface area contributed by atoms with Gasteiger partial charge in [-0.15, -0.1) is 0 Å². The van der Waals surface area contributed by atoms with E-state index in [1.807, 2.05) is 0 Å². The lowest BCUT2D eigenvalue weighted by molar-refractivity contribution is -0.394. The summed E-state index contributed by atoms with van der Waals surface area (Å²) >= 11 is 0. The molecule has 0 saturated carbocycles. The summed E-state index contributed by atoms with van der Waals surface area (Å²) < 4.78 is 28.2. The van der Waals surface area contributed by atoms with Gasteiger partial charge in [0, 0.05) is 17.7 Å². The Morgan fingerprint density at radius 1 is 0.659 bits per heavy atom. The van der Waals surface area contributed by atoms with Crippen LogP contribution in [0, 0.1) is 0 Å². The lowest BCUT2D eigenvalue weighted by Crippen LogP contribution is -2.63. The molecule has 2 aromatic rings. The van der Waals surface area contributed by atoms with Crippen LogP contribution in [0.1, 0.15) is 24.2 Å². The highest BCUT2D eigenvalue weighted by Crippen LogP contribution is 2.45. The molecule has 0 aliphatic carbocycles. The molecule has 1 unspecified atom stereocenters. The van der Waals surface area contributed by atoms with Gasteiger partial charge in [-0.3, -0.25) is 0 Å². The molecule has 15 heteroatoms. The van der Waals surface area contributed by atoms with Crippen molar-refractivity contribution >= 4 is 6.08 Å². The Morgan fingerprint density at radius 3 is 1.98 bits per heavy atom. The molecule has 224 valence electrons. The first-order valence-electron chi connectivity index (χ1n) is 12.5. The van der Waals surface area contributed by atoms with Crippen LogP contribution in [-0.4, -0.2) is 113 Å². The van der Waals surface area contributed by atoms with E-state index >= 15 is 0 Å². The lowest BCUT2D eigenvalue weighted by Gasteiger charge is -2.44. The highest BCUT2D eigenvalue weighted by Gasteiger charge is 2.50. The Hall–Kier alpha value is -3.38. The minimum atomic E-state index is -1.91. The van der Waals surface area contributed by atoms with Crippen molar-refractivity contribution < 1.29 is 74.7 Å². The first-order chi connectivity index (χ1) is 19.3. The molecule has 5 rings (SSSR count). The van der Waals surface area contributed by atoms with Crippen LogP contribution in [0.4, 0.5) is 0 Å². The minimum absolute atomic E-state index is 0.0208. The predicted octanol–water partition coefficient (Wildman–Crippen LogP) is -1.39. The normalized spacial score (nSPS) is 37.0. The Morgan fingerprint density at radius 2 is 1.29 bits per heavy atom. The van der Waals surface area contributed by atoms with Crippen LogP contribution in [0.5, 0.6) is 28.7 Å². The Kier molecular flexibility index (Phi) is 7.90. The number of phenolic OH excluding ortho intramolecular Hbond substituents is 4. The molecule has 41 heavy (non-hydrogen) atoms. The van der Waals surface area contributed by atoms with Crippen LogP contribution < -0.4 is 4.74 Å². The predicted molar refractivity (Wildman–Crippen MR) is 132 cm³/mol. The number of aliphatic hydroxyl groups is 6. The van der Waals surface area contributed by atoms with E-state index in [0.717, 1.165) is 12.1 Å². The van der Waals surface area contributed by atoms with E-state index in [1.165, 1.54) is 31.2 Å². The second-order valence-corrected chi connectivity index (χ2v) is 9.95. The third-order valence-electron chi connectivity index (χ3n) is 7.05.